The quantitative estimate of drug-likeness (QED) is 0.899. The van der Waals surface area contributed by atoms with Gasteiger partial charge in [0, 0.05) is 12.1 Å². The van der Waals surface area contributed by atoms with Crippen LogP contribution in [-0.2, 0) is 12.8 Å². The third-order valence-electron chi connectivity index (χ3n) is 4.81. The van der Waals surface area contributed by atoms with Gasteiger partial charge in [0.15, 0.2) is 0 Å². The zero-order valence-corrected chi connectivity index (χ0v) is 12.1. The van der Waals surface area contributed by atoms with Gasteiger partial charge < -0.3 is 10.1 Å². The maximum Gasteiger partial charge on any atom is 0.119 e. The molecule has 0 aromatic heterocycles. The molecule has 0 amide bonds. The van der Waals surface area contributed by atoms with Crippen LogP contribution in [0.15, 0.2) is 18.2 Å². The number of hydrogen-bond acceptors (Lipinski definition) is 2. The standard InChI is InChI=1S/C17H25NO/c1-12-3-6-15(9-12)18-16-7-4-13-5-8-17(19-2)11-14(13)10-16/h5,8,11-12,15-16,18H,3-4,6-7,9-10H2,1-2H3. The van der Waals surface area contributed by atoms with Crippen molar-refractivity contribution in [3.8, 4) is 5.75 Å². The van der Waals surface area contributed by atoms with E-state index in [0.29, 0.717) is 6.04 Å². The van der Waals surface area contributed by atoms with E-state index in [2.05, 4.69) is 30.4 Å². The third kappa shape index (κ3) is 2.94. The summed E-state index contributed by atoms with van der Waals surface area (Å²) < 4.78 is 5.34. The number of nitrogens with one attached hydrogen (secondary N) is 1. The van der Waals surface area contributed by atoms with Crippen LogP contribution in [0.5, 0.6) is 5.75 Å². The Labute approximate surface area is 116 Å². The molecule has 2 heteroatoms. The minimum absolute atomic E-state index is 0.662. The van der Waals surface area contributed by atoms with Crippen molar-refractivity contribution in [2.75, 3.05) is 7.11 Å². The van der Waals surface area contributed by atoms with Crippen LogP contribution < -0.4 is 10.1 Å². The molecule has 0 radical (unpaired) electrons. The topological polar surface area (TPSA) is 21.3 Å². The summed E-state index contributed by atoms with van der Waals surface area (Å²) in [6.07, 6.45) is 7.78. The molecule has 3 rings (SSSR count). The second kappa shape index (κ2) is 5.54. The number of aryl methyl sites for hydroxylation is 1. The highest BCUT2D eigenvalue weighted by Crippen LogP contribution is 2.29. The lowest BCUT2D eigenvalue weighted by Crippen LogP contribution is -2.40. The van der Waals surface area contributed by atoms with E-state index >= 15 is 0 Å². The molecule has 1 fully saturated rings. The number of benzene rings is 1. The summed E-state index contributed by atoms with van der Waals surface area (Å²) in [5, 5.41) is 3.89. The van der Waals surface area contributed by atoms with Gasteiger partial charge in [0.1, 0.15) is 5.75 Å². The molecule has 3 unspecified atom stereocenters. The molecule has 1 saturated carbocycles. The van der Waals surface area contributed by atoms with E-state index in [4.69, 9.17) is 4.74 Å². The molecule has 0 bridgehead atoms. The third-order valence-corrected chi connectivity index (χ3v) is 4.81. The number of methoxy groups -OCH3 is 1. The summed E-state index contributed by atoms with van der Waals surface area (Å²) in [4.78, 5) is 0. The van der Waals surface area contributed by atoms with Crippen LogP contribution in [0.4, 0.5) is 0 Å². The highest BCUT2D eigenvalue weighted by atomic mass is 16.5. The van der Waals surface area contributed by atoms with Gasteiger partial charge >= 0.3 is 0 Å². The first kappa shape index (κ1) is 13.0. The molecule has 2 aliphatic carbocycles. The van der Waals surface area contributed by atoms with E-state index < -0.39 is 0 Å². The van der Waals surface area contributed by atoms with E-state index in [0.717, 1.165) is 24.1 Å². The summed E-state index contributed by atoms with van der Waals surface area (Å²) in [5.74, 6) is 1.90. The number of hydrogen-bond donors (Lipinski definition) is 1. The van der Waals surface area contributed by atoms with Crippen molar-refractivity contribution in [3.05, 3.63) is 29.3 Å². The van der Waals surface area contributed by atoms with Crippen LogP contribution in [0, 0.1) is 5.92 Å². The van der Waals surface area contributed by atoms with Crippen molar-refractivity contribution in [1.29, 1.82) is 0 Å². The Bertz CT molecular complexity index is 443. The molecule has 0 aliphatic heterocycles. The SMILES string of the molecule is COc1ccc2c(c1)CC(NC1CCC(C)C1)CC2. The summed E-state index contributed by atoms with van der Waals surface area (Å²) >= 11 is 0. The first-order valence-electron chi connectivity index (χ1n) is 7.66. The van der Waals surface area contributed by atoms with E-state index in [1.54, 1.807) is 7.11 Å². The molecular formula is C17H25NO. The van der Waals surface area contributed by atoms with Gasteiger partial charge in [-0.3, -0.25) is 0 Å². The highest BCUT2D eigenvalue weighted by Gasteiger charge is 2.26. The van der Waals surface area contributed by atoms with Crippen LogP contribution in [0.1, 0.15) is 43.7 Å². The Morgan fingerprint density at radius 2 is 2.00 bits per heavy atom. The van der Waals surface area contributed by atoms with E-state index in [9.17, 15) is 0 Å². The van der Waals surface area contributed by atoms with Crippen molar-refractivity contribution in [2.24, 2.45) is 5.92 Å². The summed E-state index contributed by atoms with van der Waals surface area (Å²) in [5.41, 5.74) is 2.99. The smallest absolute Gasteiger partial charge is 0.119 e. The van der Waals surface area contributed by atoms with Crippen molar-refractivity contribution < 1.29 is 4.74 Å². The van der Waals surface area contributed by atoms with Crippen LogP contribution in [0.25, 0.3) is 0 Å². The highest BCUT2D eigenvalue weighted by molar-refractivity contribution is 5.37. The fraction of sp³-hybridized carbons (Fsp3) is 0.647. The van der Waals surface area contributed by atoms with Crippen molar-refractivity contribution >= 4 is 0 Å². The summed E-state index contributed by atoms with van der Waals surface area (Å²) in [6.45, 7) is 2.38. The zero-order valence-electron chi connectivity index (χ0n) is 12.1. The van der Waals surface area contributed by atoms with Gasteiger partial charge in [0.05, 0.1) is 7.11 Å². The first-order valence-corrected chi connectivity index (χ1v) is 7.66. The van der Waals surface area contributed by atoms with Gasteiger partial charge in [-0.15, -0.1) is 0 Å². The van der Waals surface area contributed by atoms with E-state index in [1.807, 2.05) is 0 Å². The lowest BCUT2D eigenvalue weighted by atomic mass is 9.87. The first-order chi connectivity index (χ1) is 9.24. The minimum atomic E-state index is 0.662. The predicted molar refractivity (Wildman–Crippen MR) is 78.7 cm³/mol. The molecule has 104 valence electrons. The molecule has 0 saturated heterocycles. The lowest BCUT2D eigenvalue weighted by molar-refractivity contribution is 0.386. The number of fused-ring (bicyclic) bond motifs is 1. The molecule has 0 heterocycles. The molecule has 2 nitrogen and oxygen atoms in total. The van der Waals surface area contributed by atoms with Gasteiger partial charge in [0.2, 0.25) is 0 Å². The molecule has 2 aliphatic rings. The van der Waals surface area contributed by atoms with Crippen molar-refractivity contribution in [3.63, 3.8) is 0 Å². The van der Waals surface area contributed by atoms with E-state index in [-0.39, 0.29) is 0 Å². The normalized spacial score (nSPS) is 30.1. The molecule has 19 heavy (non-hydrogen) atoms. The van der Waals surface area contributed by atoms with Gasteiger partial charge in [0.25, 0.3) is 0 Å². The Hall–Kier alpha value is -1.02. The average Bonchev–Trinajstić information content (AvgIpc) is 2.83. The van der Waals surface area contributed by atoms with Gasteiger partial charge in [-0.2, -0.15) is 0 Å². The molecule has 1 N–H and O–H groups in total. The average molecular weight is 259 g/mol. The molecule has 0 spiro atoms. The van der Waals surface area contributed by atoms with Crippen LogP contribution >= 0.6 is 0 Å². The fourth-order valence-corrected chi connectivity index (χ4v) is 3.69. The number of rotatable bonds is 3. The molecular weight excluding hydrogens is 234 g/mol. The van der Waals surface area contributed by atoms with Crippen LogP contribution in [-0.4, -0.2) is 19.2 Å². The Kier molecular flexibility index (Phi) is 3.79. The predicted octanol–water partition coefficient (Wildman–Crippen LogP) is 3.33. The number of ether oxygens (including phenoxy) is 1. The van der Waals surface area contributed by atoms with Crippen molar-refractivity contribution in [1.82, 2.24) is 5.32 Å². The van der Waals surface area contributed by atoms with Gasteiger partial charge in [-0.25, -0.2) is 0 Å². The van der Waals surface area contributed by atoms with Crippen LogP contribution in [0.3, 0.4) is 0 Å². The van der Waals surface area contributed by atoms with Crippen LogP contribution in [0.2, 0.25) is 0 Å². The lowest BCUT2D eigenvalue weighted by Gasteiger charge is -2.28. The molecule has 1 aromatic rings. The Morgan fingerprint density at radius 1 is 1.11 bits per heavy atom. The second-order valence-corrected chi connectivity index (χ2v) is 6.36. The Morgan fingerprint density at radius 3 is 2.74 bits per heavy atom. The zero-order chi connectivity index (χ0) is 13.2. The molecule has 1 aromatic carbocycles. The van der Waals surface area contributed by atoms with Gasteiger partial charge in [-0.05, 0) is 67.7 Å². The largest absolute Gasteiger partial charge is 0.497 e. The van der Waals surface area contributed by atoms with Gasteiger partial charge in [-0.1, -0.05) is 13.0 Å². The maximum atomic E-state index is 5.34. The molecule has 3 atom stereocenters. The monoisotopic (exact) mass is 259 g/mol. The van der Waals surface area contributed by atoms with E-state index in [1.165, 1.54) is 43.2 Å². The summed E-state index contributed by atoms with van der Waals surface area (Å²) in [6, 6.07) is 7.97. The van der Waals surface area contributed by atoms with Crippen molar-refractivity contribution in [2.45, 2.75) is 57.5 Å². The maximum absolute atomic E-state index is 5.34. The summed E-state index contributed by atoms with van der Waals surface area (Å²) in [7, 11) is 1.75. The second-order valence-electron chi connectivity index (χ2n) is 6.36. The Balaban J connectivity index is 1.64. The minimum Gasteiger partial charge on any atom is -0.497 e. The fourth-order valence-electron chi connectivity index (χ4n) is 3.69.